The van der Waals surface area contributed by atoms with E-state index in [1.54, 1.807) is 0 Å². The van der Waals surface area contributed by atoms with Crippen LogP contribution in [0.5, 0.6) is 5.75 Å². The van der Waals surface area contributed by atoms with Crippen LogP contribution in [0.15, 0.2) is 60.7 Å². The van der Waals surface area contributed by atoms with E-state index in [4.69, 9.17) is 20.4 Å². The van der Waals surface area contributed by atoms with E-state index in [0.717, 1.165) is 89.6 Å². The van der Waals surface area contributed by atoms with Crippen molar-refractivity contribution < 1.29 is 9.53 Å². The quantitative estimate of drug-likeness (QED) is 0.177. The fourth-order valence-electron chi connectivity index (χ4n) is 5.27. The molecule has 1 saturated heterocycles. The molecule has 0 unspecified atom stereocenters. The minimum absolute atomic E-state index is 0.0376. The fourth-order valence-corrected chi connectivity index (χ4v) is 5.27. The number of aromatic amines is 2. The summed E-state index contributed by atoms with van der Waals surface area (Å²) in [6, 6.07) is 20.6. The highest BCUT2D eigenvalue weighted by Gasteiger charge is 2.16. The van der Waals surface area contributed by atoms with Crippen LogP contribution >= 0.6 is 0 Å². The molecule has 6 rings (SSSR count). The van der Waals surface area contributed by atoms with Gasteiger partial charge in [-0.05, 0) is 80.6 Å². The molecule has 5 aromatic rings. The number of unbranched alkanes of at least 4 members (excludes halogenated alkanes) is 1. The average Bonchev–Trinajstić information content (AvgIpc) is 3.64. The number of anilines is 1. The summed E-state index contributed by atoms with van der Waals surface area (Å²) in [4.78, 5) is 33.1. The molecule has 10 heteroatoms. The third kappa shape index (κ3) is 6.40. The summed E-state index contributed by atoms with van der Waals surface area (Å²) in [5.74, 6) is 2.48. The van der Waals surface area contributed by atoms with E-state index in [-0.39, 0.29) is 5.91 Å². The van der Waals surface area contributed by atoms with Gasteiger partial charge in [-0.15, -0.1) is 0 Å². The van der Waals surface area contributed by atoms with Crippen LogP contribution in [0.3, 0.4) is 0 Å². The van der Waals surface area contributed by atoms with Crippen molar-refractivity contribution in [3.8, 4) is 28.5 Å². The minimum atomic E-state index is 0.0376. The highest BCUT2D eigenvalue weighted by atomic mass is 16.5. The van der Waals surface area contributed by atoms with Gasteiger partial charge in [-0.25, -0.2) is 9.97 Å². The zero-order valence-corrected chi connectivity index (χ0v) is 24.0. The molecule has 0 saturated carbocycles. The molecule has 218 valence electrons. The third-order valence-corrected chi connectivity index (χ3v) is 7.75. The number of hydrogen-bond acceptors (Lipinski definition) is 7. The Kier molecular flexibility index (Phi) is 8.34. The highest BCUT2D eigenvalue weighted by Crippen LogP contribution is 2.29. The normalized spacial score (nSPS) is 14.1. The molecule has 0 atom stereocenters. The van der Waals surface area contributed by atoms with Crippen LogP contribution in [0.2, 0.25) is 0 Å². The Morgan fingerprint density at radius 2 is 1.62 bits per heavy atom. The smallest absolute Gasteiger partial charge is 0.220 e. The van der Waals surface area contributed by atoms with Gasteiger partial charge in [0.1, 0.15) is 17.4 Å². The lowest BCUT2D eigenvalue weighted by atomic mass is 10.2. The Bertz CT molecular complexity index is 1650. The van der Waals surface area contributed by atoms with Crippen molar-refractivity contribution in [2.45, 2.75) is 19.3 Å². The molecule has 1 aliphatic rings. The molecule has 42 heavy (non-hydrogen) atoms. The Labute approximate surface area is 245 Å². The number of fused-ring (bicyclic) bond motifs is 2. The van der Waals surface area contributed by atoms with Gasteiger partial charge >= 0.3 is 0 Å². The lowest BCUT2D eigenvalue weighted by molar-refractivity contribution is -0.121. The van der Waals surface area contributed by atoms with Crippen molar-refractivity contribution in [2.75, 3.05) is 57.8 Å². The molecule has 3 heterocycles. The molecule has 3 aromatic carbocycles. The lowest BCUT2D eigenvalue weighted by Gasteiger charge is -2.34. The number of nitrogens with zero attached hydrogens (tertiary/aromatic N) is 4. The van der Waals surface area contributed by atoms with E-state index in [1.165, 1.54) is 5.69 Å². The fraction of sp³-hybridized carbons (Fsp3) is 0.344. The molecule has 1 amide bonds. The number of imidazole rings is 2. The van der Waals surface area contributed by atoms with Crippen molar-refractivity contribution >= 4 is 33.7 Å². The SMILES string of the molecule is CN1CCN(c2ccc3[nH]c(-c4ccc5nc(-c6ccc(OCCCCC(=O)NCCN)cc6)[nH]c5c4)nc3c2)CC1. The Morgan fingerprint density at radius 3 is 2.43 bits per heavy atom. The molecular weight excluding hydrogens is 528 g/mol. The maximum Gasteiger partial charge on any atom is 0.220 e. The van der Waals surface area contributed by atoms with Gasteiger partial charge in [0, 0.05) is 62.5 Å². The van der Waals surface area contributed by atoms with E-state index in [1.807, 2.05) is 30.3 Å². The number of amides is 1. The lowest BCUT2D eigenvalue weighted by Crippen LogP contribution is -2.44. The maximum atomic E-state index is 11.6. The van der Waals surface area contributed by atoms with Crippen LogP contribution in [0, 0.1) is 0 Å². The number of nitrogens with two attached hydrogens (primary N) is 1. The number of aromatic nitrogens is 4. The Hall–Kier alpha value is -4.41. The predicted molar refractivity (Wildman–Crippen MR) is 168 cm³/mol. The minimum Gasteiger partial charge on any atom is -0.494 e. The number of likely N-dealkylation sites (N-methyl/N-ethyl adjacent to an activating group) is 1. The first-order valence-corrected chi connectivity index (χ1v) is 14.7. The number of H-pyrrole nitrogens is 2. The van der Waals surface area contributed by atoms with Crippen molar-refractivity contribution in [1.29, 1.82) is 0 Å². The third-order valence-electron chi connectivity index (χ3n) is 7.75. The average molecular weight is 567 g/mol. The highest BCUT2D eigenvalue weighted by molar-refractivity contribution is 5.87. The van der Waals surface area contributed by atoms with Crippen LogP contribution in [-0.4, -0.2) is 83.7 Å². The number of hydrogen-bond donors (Lipinski definition) is 4. The van der Waals surface area contributed by atoms with Gasteiger partial charge in [0.25, 0.3) is 0 Å². The van der Waals surface area contributed by atoms with Gasteiger partial charge in [-0.3, -0.25) is 4.79 Å². The van der Waals surface area contributed by atoms with Crippen LogP contribution < -0.4 is 20.7 Å². The molecule has 1 fully saturated rings. The van der Waals surface area contributed by atoms with E-state index in [2.05, 4.69) is 62.5 Å². The van der Waals surface area contributed by atoms with Gasteiger partial charge in [0.05, 0.1) is 28.7 Å². The van der Waals surface area contributed by atoms with Gasteiger partial charge in [0.15, 0.2) is 0 Å². The first-order valence-electron chi connectivity index (χ1n) is 14.7. The molecule has 0 aliphatic carbocycles. The summed E-state index contributed by atoms with van der Waals surface area (Å²) in [5.41, 5.74) is 12.5. The second-order valence-corrected chi connectivity index (χ2v) is 10.9. The number of nitrogens with one attached hydrogen (secondary N) is 3. The first kappa shape index (κ1) is 27.7. The Balaban J connectivity index is 1.09. The van der Waals surface area contributed by atoms with E-state index in [0.29, 0.717) is 26.1 Å². The van der Waals surface area contributed by atoms with Crippen LogP contribution in [0.1, 0.15) is 19.3 Å². The number of carbonyl (C=O) groups excluding carboxylic acids is 1. The van der Waals surface area contributed by atoms with Crippen LogP contribution in [-0.2, 0) is 4.79 Å². The molecule has 0 spiro atoms. The number of carbonyl (C=O) groups is 1. The Morgan fingerprint density at radius 1 is 0.881 bits per heavy atom. The largest absolute Gasteiger partial charge is 0.494 e. The maximum absolute atomic E-state index is 11.6. The van der Waals surface area contributed by atoms with Crippen molar-refractivity contribution in [3.05, 3.63) is 60.7 Å². The number of benzene rings is 3. The zero-order chi connectivity index (χ0) is 28.9. The zero-order valence-electron chi connectivity index (χ0n) is 24.0. The molecule has 2 aromatic heterocycles. The second-order valence-electron chi connectivity index (χ2n) is 10.9. The number of ether oxygens (including phenoxy) is 1. The van der Waals surface area contributed by atoms with Crippen molar-refractivity contribution in [1.82, 2.24) is 30.2 Å². The molecule has 5 N–H and O–H groups in total. The van der Waals surface area contributed by atoms with Crippen LogP contribution in [0.25, 0.3) is 44.8 Å². The summed E-state index contributed by atoms with van der Waals surface area (Å²) >= 11 is 0. The first-order chi connectivity index (χ1) is 20.6. The summed E-state index contributed by atoms with van der Waals surface area (Å²) < 4.78 is 5.86. The van der Waals surface area contributed by atoms with Crippen molar-refractivity contribution in [3.63, 3.8) is 0 Å². The monoisotopic (exact) mass is 566 g/mol. The van der Waals surface area contributed by atoms with E-state index >= 15 is 0 Å². The van der Waals surface area contributed by atoms with Gasteiger partial charge in [0.2, 0.25) is 5.91 Å². The van der Waals surface area contributed by atoms with Crippen LogP contribution in [0.4, 0.5) is 5.69 Å². The van der Waals surface area contributed by atoms with Gasteiger partial charge < -0.3 is 35.6 Å². The second kappa shape index (κ2) is 12.6. The molecule has 0 bridgehead atoms. The van der Waals surface area contributed by atoms with Gasteiger partial charge in [-0.2, -0.15) is 0 Å². The molecule has 1 aliphatic heterocycles. The summed E-state index contributed by atoms with van der Waals surface area (Å²) in [7, 11) is 2.17. The standard InChI is InChI=1S/C32H38N8O2/c1-39-15-17-40(18-16-39)24-8-12-27-29(21-24)38-32(36-27)23-7-11-26-28(20-23)37-31(35-26)22-5-9-25(10-6-22)42-19-3-2-4-30(41)34-14-13-33/h5-12,20-21H,2-4,13-19,33H2,1H3,(H,34,41)(H,35,37)(H,36,38). The van der Waals surface area contributed by atoms with Gasteiger partial charge in [-0.1, -0.05) is 0 Å². The predicted octanol–water partition coefficient (Wildman–Crippen LogP) is 4.15. The number of piperazine rings is 1. The van der Waals surface area contributed by atoms with E-state index < -0.39 is 0 Å². The number of rotatable bonds is 11. The van der Waals surface area contributed by atoms with E-state index in [9.17, 15) is 4.79 Å². The molecular formula is C32H38N8O2. The summed E-state index contributed by atoms with van der Waals surface area (Å²) in [6.07, 6.45) is 2.08. The molecule has 10 nitrogen and oxygen atoms in total. The summed E-state index contributed by atoms with van der Waals surface area (Å²) in [5, 5.41) is 2.78. The topological polar surface area (TPSA) is 128 Å². The van der Waals surface area contributed by atoms with Crippen molar-refractivity contribution in [2.24, 2.45) is 5.73 Å². The molecule has 0 radical (unpaired) electrons. The summed E-state index contributed by atoms with van der Waals surface area (Å²) in [6.45, 7) is 5.76.